The molecular weight excluding hydrogens is 536 g/mol. The molecule has 0 aliphatic carbocycles. The molecule has 2 aromatic heterocycles. The fraction of sp³-hybridized carbons (Fsp3) is 0.333. The van der Waals surface area contributed by atoms with E-state index in [1.54, 1.807) is 0 Å². The van der Waals surface area contributed by atoms with Crippen LogP contribution in [-0.4, -0.2) is 83.3 Å². The van der Waals surface area contributed by atoms with Gasteiger partial charge in [-0.05, 0) is 5.57 Å². The largest absolute Gasteiger partial charge is 0.477 e. The quantitative estimate of drug-likeness (QED) is 0.0953. The van der Waals surface area contributed by atoms with Crippen LogP contribution in [0.5, 0.6) is 0 Å². The maximum absolute atomic E-state index is 12.9. The van der Waals surface area contributed by atoms with E-state index in [4.69, 9.17) is 10.6 Å². The Morgan fingerprint density at radius 2 is 2.14 bits per heavy atom. The lowest BCUT2D eigenvalue weighted by Gasteiger charge is -2.49. The molecule has 190 valence electrons. The number of anilines is 1. The summed E-state index contributed by atoms with van der Waals surface area (Å²) in [7, 11) is 2.74. The summed E-state index contributed by atoms with van der Waals surface area (Å²) >= 11 is 3.41. The van der Waals surface area contributed by atoms with Crippen molar-refractivity contribution in [3.8, 4) is 0 Å². The Kier molecular flexibility index (Phi) is 7.18. The molecule has 1 fully saturated rings. The van der Waals surface area contributed by atoms with Crippen molar-refractivity contribution in [2.45, 2.75) is 16.6 Å². The number of fused-ring (bicyclic) bond motifs is 1. The number of rotatable bonds is 8. The molecule has 0 bridgehead atoms. The summed E-state index contributed by atoms with van der Waals surface area (Å²) in [6.45, 7) is 0. The molecule has 2 amide bonds. The second kappa shape index (κ2) is 10.2. The highest BCUT2D eigenvalue weighted by molar-refractivity contribution is 8.01. The molecule has 5 N–H and O–H groups in total. The van der Waals surface area contributed by atoms with E-state index in [0.29, 0.717) is 5.57 Å². The fourth-order valence-corrected chi connectivity index (χ4v) is 6.39. The highest BCUT2D eigenvalue weighted by atomic mass is 32.2. The summed E-state index contributed by atoms with van der Waals surface area (Å²) in [6, 6.07) is -0.995. The summed E-state index contributed by atoms with van der Waals surface area (Å²) in [5.41, 5.74) is 4.00. The molecule has 4 heterocycles. The molecular formula is C18H18N8O7S3. The normalized spacial score (nSPS) is 19.6. The van der Waals surface area contributed by atoms with Crippen LogP contribution in [0.1, 0.15) is 5.69 Å². The van der Waals surface area contributed by atoms with Crippen molar-refractivity contribution in [1.82, 2.24) is 30.0 Å². The van der Waals surface area contributed by atoms with E-state index in [2.05, 4.69) is 25.5 Å². The van der Waals surface area contributed by atoms with Crippen LogP contribution >= 0.6 is 34.9 Å². The first-order chi connectivity index (χ1) is 17.1. The van der Waals surface area contributed by atoms with Crippen molar-refractivity contribution in [2.24, 2.45) is 12.2 Å². The van der Waals surface area contributed by atoms with Gasteiger partial charge in [-0.15, -0.1) is 23.1 Å². The number of thioether (sulfide) groups is 2. The number of aromatic nitrogens is 4. The number of aryl methyl sites for hydroxylation is 1. The predicted molar refractivity (Wildman–Crippen MR) is 131 cm³/mol. The third kappa shape index (κ3) is 4.73. The Bertz CT molecular complexity index is 1430. The van der Waals surface area contributed by atoms with Crippen LogP contribution in [0.3, 0.4) is 0 Å². The molecule has 0 radical (unpaired) electrons. The number of nitrogens with zero attached hydrogens (tertiary/aromatic N) is 5. The van der Waals surface area contributed by atoms with Gasteiger partial charge in [0.15, 0.2) is 16.0 Å². The molecule has 36 heavy (non-hydrogen) atoms. The molecule has 0 saturated carbocycles. The number of thiazole rings is 1. The number of aliphatic carboxylic acids is 1. The van der Waals surface area contributed by atoms with E-state index < -0.39 is 40.3 Å². The number of carboxylic acids is 1. The van der Waals surface area contributed by atoms with E-state index in [0.717, 1.165) is 28.0 Å². The molecule has 2 atom stereocenters. The zero-order chi connectivity index (χ0) is 26.1. The average Bonchev–Trinajstić information content (AvgIpc) is 3.27. The molecule has 2 aliphatic heterocycles. The molecule has 0 unspecified atom stereocenters. The Balaban J connectivity index is 1.51. The molecule has 0 spiro atoms. The van der Waals surface area contributed by atoms with Crippen LogP contribution in [0.25, 0.3) is 0 Å². The smallest absolute Gasteiger partial charge is 0.352 e. The van der Waals surface area contributed by atoms with Crippen molar-refractivity contribution < 1.29 is 24.3 Å². The number of amides is 2. The molecule has 2 aliphatic rings. The van der Waals surface area contributed by atoms with Gasteiger partial charge in [-0.25, -0.2) is 9.78 Å². The van der Waals surface area contributed by atoms with Gasteiger partial charge in [-0.3, -0.25) is 33.9 Å². The number of carbonyl (C=O) groups excluding carboxylic acids is 2. The first-order valence-electron chi connectivity index (χ1n) is 9.96. The number of nitrogen functional groups attached to an aromatic ring is 1. The SMILES string of the molecule is CO/N=C(\C(=O)N[C@@H]1C(=O)N2C(C(=O)O)=C(CSc3nc(=O)c(=O)[nH]n3C)CS[C@@H]12)c1csc(N)n1. The van der Waals surface area contributed by atoms with Gasteiger partial charge in [-0.2, -0.15) is 4.98 Å². The Labute approximate surface area is 213 Å². The number of aromatic amines is 1. The minimum absolute atomic E-state index is 0.102. The van der Waals surface area contributed by atoms with Crippen LogP contribution in [0.15, 0.2) is 36.6 Å². The standard InChI is InChI=1S/C18H18N8O7S3/c1-25-18(22-12(28)13(29)23-25)36-4-6-3-34-15-9(14(30)26(15)10(6)16(31)32)21-11(27)8(24-33-2)7-5-35-17(19)20-7/h5,9,15H,3-4H2,1-2H3,(H2,19,20)(H,21,27)(H,23,29)(H,31,32)/b24-8-/t9-,15+/m1/s1. The first-order valence-corrected chi connectivity index (χ1v) is 12.9. The van der Waals surface area contributed by atoms with Gasteiger partial charge in [0.2, 0.25) is 0 Å². The third-order valence-corrected chi connectivity index (χ3v) is 8.15. The van der Waals surface area contributed by atoms with Gasteiger partial charge >= 0.3 is 17.1 Å². The molecule has 15 nitrogen and oxygen atoms in total. The minimum Gasteiger partial charge on any atom is -0.477 e. The molecule has 0 aromatic carbocycles. The van der Waals surface area contributed by atoms with Crippen molar-refractivity contribution in [1.29, 1.82) is 0 Å². The third-order valence-electron chi connectivity index (χ3n) is 5.02. The van der Waals surface area contributed by atoms with Crippen LogP contribution in [0.2, 0.25) is 0 Å². The second-order valence-electron chi connectivity index (χ2n) is 7.30. The van der Waals surface area contributed by atoms with Crippen LogP contribution < -0.4 is 22.2 Å². The highest BCUT2D eigenvalue weighted by Gasteiger charge is 2.54. The summed E-state index contributed by atoms with van der Waals surface area (Å²) in [5.74, 6) is -2.30. The van der Waals surface area contributed by atoms with E-state index in [-0.39, 0.29) is 38.9 Å². The number of hydrogen-bond acceptors (Lipinski definition) is 13. The first kappa shape index (κ1) is 25.5. The molecule has 1 saturated heterocycles. The zero-order valence-corrected chi connectivity index (χ0v) is 21.0. The number of hydrogen-bond donors (Lipinski definition) is 4. The van der Waals surface area contributed by atoms with Gasteiger partial charge in [0.05, 0.1) is 0 Å². The zero-order valence-electron chi connectivity index (χ0n) is 18.6. The summed E-state index contributed by atoms with van der Waals surface area (Å²) in [6.07, 6.45) is 0. The monoisotopic (exact) mass is 554 g/mol. The summed E-state index contributed by atoms with van der Waals surface area (Å²) < 4.78 is 1.25. The van der Waals surface area contributed by atoms with E-state index >= 15 is 0 Å². The molecule has 18 heteroatoms. The fourth-order valence-electron chi connectivity index (χ4n) is 3.44. The minimum atomic E-state index is -1.31. The number of β-lactam (4-membered cyclic amide) rings is 1. The van der Waals surface area contributed by atoms with Gasteiger partial charge in [0.25, 0.3) is 11.8 Å². The maximum Gasteiger partial charge on any atom is 0.352 e. The lowest BCUT2D eigenvalue weighted by Crippen LogP contribution is -2.71. The Morgan fingerprint density at radius 1 is 1.39 bits per heavy atom. The maximum atomic E-state index is 12.9. The topological polar surface area (TPSA) is 215 Å². The van der Waals surface area contributed by atoms with E-state index in [1.165, 1.54) is 36.0 Å². The van der Waals surface area contributed by atoms with Gasteiger partial charge in [0, 0.05) is 23.9 Å². The number of H-pyrrole nitrogens is 1. The van der Waals surface area contributed by atoms with Gasteiger partial charge in [-0.1, -0.05) is 16.9 Å². The van der Waals surface area contributed by atoms with Crippen molar-refractivity contribution in [2.75, 3.05) is 24.3 Å². The number of carboxylic acid groups (broad SMARTS) is 1. The lowest BCUT2D eigenvalue weighted by atomic mass is 10.0. The van der Waals surface area contributed by atoms with E-state index in [9.17, 15) is 29.1 Å². The molecule has 4 rings (SSSR count). The Hall–Kier alpha value is -3.64. The lowest BCUT2D eigenvalue weighted by molar-refractivity contribution is -0.150. The van der Waals surface area contributed by atoms with Crippen molar-refractivity contribution >= 4 is 63.5 Å². The van der Waals surface area contributed by atoms with Crippen molar-refractivity contribution in [3.05, 3.63) is 43.1 Å². The van der Waals surface area contributed by atoms with Gasteiger partial charge < -0.3 is 21.0 Å². The summed E-state index contributed by atoms with van der Waals surface area (Å²) in [5, 5.41) is 19.6. The number of nitrogens with one attached hydrogen (secondary N) is 2. The molecule has 2 aromatic rings. The average molecular weight is 555 g/mol. The van der Waals surface area contributed by atoms with Crippen LogP contribution in [0.4, 0.5) is 5.13 Å². The number of carbonyl (C=O) groups is 3. The van der Waals surface area contributed by atoms with Crippen LogP contribution in [0, 0.1) is 0 Å². The van der Waals surface area contributed by atoms with E-state index in [1.807, 2.05) is 0 Å². The van der Waals surface area contributed by atoms with Gasteiger partial charge in [0.1, 0.15) is 29.9 Å². The number of nitrogens with two attached hydrogens (primary N) is 1. The van der Waals surface area contributed by atoms with Crippen molar-refractivity contribution in [3.63, 3.8) is 0 Å². The van der Waals surface area contributed by atoms with Crippen LogP contribution in [-0.2, 0) is 26.3 Å². The number of oxime groups is 1. The Morgan fingerprint density at radius 3 is 2.78 bits per heavy atom. The summed E-state index contributed by atoms with van der Waals surface area (Å²) in [4.78, 5) is 74.3. The second-order valence-corrected chi connectivity index (χ2v) is 10.2. The highest BCUT2D eigenvalue weighted by Crippen LogP contribution is 2.41. The predicted octanol–water partition coefficient (Wildman–Crippen LogP) is -1.61.